The molecule has 0 aliphatic rings. The normalized spacial score (nSPS) is 12.4. The van der Waals surface area contributed by atoms with E-state index in [0.29, 0.717) is 28.0 Å². The van der Waals surface area contributed by atoms with Crippen LogP contribution in [0.5, 0.6) is 5.75 Å². The number of rotatable bonds is 12. The Morgan fingerprint density at radius 1 is 1.00 bits per heavy atom. The molecule has 8 nitrogen and oxygen atoms in total. The fourth-order valence-corrected chi connectivity index (χ4v) is 6.46. The lowest BCUT2D eigenvalue weighted by Gasteiger charge is -2.33. The molecule has 0 fully saturated rings. The van der Waals surface area contributed by atoms with Crippen LogP contribution in [0.3, 0.4) is 0 Å². The van der Waals surface area contributed by atoms with Gasteiger partial charge in [-0.15, -0.1) is 11.8 Å². The van der Waals surface area contributed by atoms with Crippen LogP contribution in [0.4, 0.5) is 5.69 Å². The van der Waals surface area contributed by atoms with Crippen LogP contribution >= 0.6 is 35.0 Å². The highest BCUT2D eigenvalue weighted by atomic mass is 35.5. The van der Waals surface area contributed by atoms with E-state index in [1.54, 1.807) is 61.5 Å². The molecular weight excluding hydrogens is 629 g/mol. The zero-order chi connectivity index (χ0) is 31.9. The van der Waals surface area contributed by atoms with Crippen LogP contribution < -0.4 is 14.4 Å². The predicted octanol–water partition coefficient (Wildman–Crippen LogP) is 6.64. The highest BCUT2D eigenvalue weighted by Crippen LogP contribution is 2.29. The van der Waals surface area contributed by atoms with Gasteiger partial charge in [-0.2, -0.15) is 0 Å². The third-order valence-corrected chi connectivity index (χ3v) is 9.50. The number of amides is 2. The summed E-state index contributed by atoms with van der Waals surface area (Å²) in [7, 11) is -4.20. The molecule has 1 unspecified atom stereocenters. The summed E-state index contributed by atoms with van der Waals surface area (Å²) < 4.78 is 34.7. The number of hydrogen-bond donors (Lipinski definition) is 1. The molecule has 0 spiro atoms. The molecule has 0 aliphatic carbocycles. The zero-order valence-corrected chi connectivity index (χ0v) is 28.2. The monoisotopic (exact) mass is 665 g/mol. The second kappa shape index (κ2) is 14.7. The van der Waals surface area contributed by atoms with Gasteiger partial charge in [-0.1, -0.05) is 29.3 Å². The maximum atomic E-state index is 14.1. The first-order valence-corrected chi connectivity index (χ1v) is 17.0. The van der Waals surface area contributed by atoms with Crippen molar-refractivity contribution in [3.63, 3.8) is 0 Å². The quantitative estimate of drug-likeness (QED) is 0.218. The van der Waals surface area contributed by atoms with E-state index in [0.717, 1.165) is 9.20 Å². The molecule has 3 rings (SSSR count). The van der Waals surface area contributed by atoms with Crippen LogP contribution in [0.15, 0.2) is 76.5 Å². The Balaban J connectivity index is 2.07. The number of ether oxygens (including phenoxy) is 1. The molecule has 0 saturated carbocycles. The number of anilines is 1. The van der Waals surface area contributed by atoms with Crippen molar-refractivity contribution < 1.29 is 22.7 Å². The summed E-state index contributed by atoms with van der Waals surface area (Å²) in [4.78, 5) is 29.6. The first-order valence-electron chi connectivity index (χ1n) is 13.6. The minimum absolute atomic E-state index is 0.0257. The lowest BCUT2D eigenvalue weighted by atomic mass is 10.1. The number of nitrogens with one attached hydrogen (secondary N) is 1. The van der Waals surface area contributed by atoms with Gasteiger partial charge in [-0.05, 0) is 107 Å². The summed E-state index contributed by atoms with van der Waals surface area (Å²) in [6.45, 7) is 8.78. The van der Waals surface area contributed by atoms with Gasteiger partial charge in [0.05, 0.1) is 17.2 Å². The van der Waals surface area contributed by atoms with Crippen molar-refractivity contribution >= 4 is 62.5 Å². The first-order chi connectivity index (χ1) is 20.2. The molecule has 0 aliphatic heterocycles. The van der Waals surface area contributed by atoms with Crippen molar-refractivity contribution in [3.05, 3.63) is 82.3 Å². The summed E-state index contributed by atoms with van der Waals surface area (Å²) in [5, 5.41) is 3.64. The van der Waals surface area contributed by atoms with Crippen molar-refractivity contribution in [1.82, 2.24) is 10.2 Å². The SMILES string of the molecule is CCOc1ccc(N(CC(=O)N(Cc2ccc(Cl)cc2Cl)C(C)C(=O)NC(C)(C)C)S(=O)(=O)c2ccc(SC)cc2)cc1. The minimum atomic E-state index is -4.20. The number of hydrogen-bond acceptors (Lipinski definition) is 6. The Bertz CT molecular complexity index is 1530. The number of thioether (sulfide) groups is 1. The number of halogens is 2. The molecule has 232 valence electrons. The van der Waals surface area contributed by atoms with Crippen LogP contribution in [0, 0.1) is 0 Å². The van der Waals surface area contributed by atoms with Crippen LogP contribution in [-0.4, -0.2) is 56.1 Å². The third-order valence-electron chi connectivity index (χ3n) is 6.38. The van der Waals surface area contributed by atoms with E-state index in [-0.39, 0.29) is 17.1 Å². The summed E-state index contributed by atoms with van der Waals surface area (Å²) >= 11 is 14.0. The molecule has 3 aromatic carbocycles. The van der Waals surface area contributed by atoms with Crippen molar-refractivity contribution in [3.8, 4) is 5.75 Å². The highest BCUT2D eigenvalue weighted by molar-refractivity contribution is 7.98. The topological polar surface area (TPSA) is 96.0 Å². The highest BCUT2D eigenvalue weighted by Gasteiger charge is 2.33. The Morgan fingerprint density at radius 3 is 2.16 bits per heavy atom. The Labute approximate surface area is 268 Å². The molecule has 0 radical (unpaired) electrons. The first kappa shape index (κ1) is 34.6. The van der Waals surface area contributed by atoms with Gasteiger partial charge in [-0.25, -0.2) is 8.42 Å². The summed E-state index contributed by atoms with van der Waals surface area (Å²) in [5.74, 6) is -0.430. The summed E-state index contributed by atoms with van der Waals surface area (Å²) in [6.07, 6.45) is 1.90. The summed E-state index contributed by atoms with van der Waals surface area (Å²) in [6, 6.07) is 16.8. The van der Waals surface area contributed by atoms with E-state index < -0.39 is 40.0 Å². The molecule has 3 aromatic rings. The van der Waals surface area contributed by atoms with E-state index >= 15 is 0 Å². The molecular formula is C31H37Cl2N3O5S2. The van der Waals surface area contributed by atoms with Gasteiger partial charge in [0.2, 0.25) is 11.8 Å². The zero-order valence-electron chi connectivity index (χ0n) is 25.1. The van der Waals surface area contributed by atoms with Gasteiger partial charge in [0.15, 0.2) is 0 Å². The minimum Gasteiger partial charge on any atom is -0.494 e. The van der Waals surface area contributed by atoms with Gasteiger partial charge in [-0.3, -0.25) is 13.9 Å². The van der Waals surface area contributed by atoms with Crippen molar-refractivity contribution in [2.24, 2.45) is 0 Å². The lowest BCUT2D eigenvalue weighted by molar-refractivity contribution is -0.140. The van der Waals surface area contributed by atoms with E-state index in [2.05, 4.69) is 5.32 Å². The molecule has 1 N–H and O–H groups in total. The van der Waals surface area contributed by atoms with Gasteiger partial charge in [0, 0.05) is 27.0 Å². The smallest absolute Gasteiger partial charge is 0.264 e. The van der Waals surface area contributed by atoms with Crippen LogP contribution in [-0.2, 0) is 26.2 Å². The largest absolute Gasteiger partial charge is 0.494 e. The summed E-state index contributed by atoms with van der Waals surface area (Å²) in [5.41, 5.74) is 0.262. The molecule has 12 heteroatoms. The number of nitrogens with zero attached hydrogens (tertiary/aromatic N) is 2. The Kier molecular flexibility index (Phi) is 11.8. The van der Waals surface area contributed by atoms with Gasteiger partial charge >= 0.3 is 0 Å². The average molecular weight is 667 g/mol. The molecule has 43 heavy (non-hydrogen) atoms. The van der Waals surface area contributed by atoms with Crippen molar-refractivity contribution in [1.29, 1.82) is 0 Å². The number of benzene rings is 3. The maximum absolute atomic E-state index is 14.1. The van der Waals surface area contributed by atoms with Gasteiger partial charge in [0.25, 0.3) is 10.0 Å². The maximum Gasteiger partial charge on any atom is 0.264 e. The lowest BCUT2D eigenvalue weighted by Crippen LogP contribution is -2.54. The van der Waals surface area contributed by atoms with Crippen LogP contribution in [0.2, 0.25) is 10.0 Å². The third kappa shape index (κ3) is 9.28. The molecule has 0 aromatic heterocycles. The van der Waals surface area contributed by atoms with Gasteiger partial charge in [0.1, 0.15) is 18.3 Å². The second-order valence-electron chi connectivity index (χ2n) is 10.8. The molecule has 2 amide bonds. The number of carbonyl (C=O) groups is 2. The average Bonchev–Trinajstić information content (AvgIpc) is 2.95. The molecule has 1 atom stereocenters. The van der Waals surface area contributed by atoms with Crippen molar-refractivity contribution in [2.75, 3.05) is 23.7 Å². The van der Waals surface area contributed by atoms with Crippen LogP contribution in [0.1, 0.15) is 40.2 Å². The molecule has 0 heterocycles. The van der Waals surface area contributed by atoms with Crippen LogP contribution in [0.25, 0.3) is 0 Å². The number of carbonyl (C=O) groups excluding carboxylic acids is 2. The Hall–Kier alpha value is -2.92. The van der Waals surface area contributed by atoms with E-state index in [1.807, 2.05) is 34.0 Å². The predicted molar refractivity (Wildman–Crippen MR) is 175 cm³/mol. The number of sulfonamides is 1. The van der Waals surface area contributed by atoms with Crippen molar-refractivity contribution in [2.45, 2.75) is 62.5 Å². The molecule has 0 bridgehead atoms. The second-order valence-corrected chi connectivity index (χ2v) is 14.4. The fourth-order valence-electron chi connectivity index (χ4n) is 4.17. The van der Waals surface area contributed by atoms with E-state index in [9.17, 15) is 18.0 Å². The Morgan fingerprint density at radius 2 is 1.63 bits per heavy atom. The molecule has 0 saturated heterocycles. The van der Waals surface area contributed by atoms with E-state index in [1.165, 1.54) is 28.8 Å². The van der Waals surface area contributed by atoms with Gasteiger partial charge < -0.3 is 15.0 Å². The standard InChI is InChI=1S/C31H37Cl2N3O5S2/c1-7-41-25-12-10-24(11-13-25)36(43(39,40)27-16-14-26(42-6)15-17-27)20-29(37)35(21(2)30(38)34-31(3,4)5)19-22-8-9-23(32)18-28(22)33/h8-18,21H,7,19-20H2,1-6H3,(H,34,38). The van der Waals surface area contributed by atoms with E-state index in [4.69, 9.17) is 27.9 Å². The fraction of sp³-hybridized carbons (Fsp3) is 0.355.